The van der Waals surface area contributed by atoms with Gasteiger partial charge < -0.3 is 9.47 Å². The molecule has 7 heteroatoms. The van der Waals surface area contributed by atoms with Gasteiger partial charge >= 0.3 is 5.69 Å². The summed E-state index contributed by atoms with van der Waals surface area (Å²) in [6.07, 6.45) is 8.07. The summed E-state index contributed by atoms with van der Waals surface area (Å²) < 4.78 is 4.90. The van der Waals surface area contributed by atoms with Gasteiger partial charge in [0.05, 0.1) is 0 Å². The first-order valence-corrected chi connectivity index (χ1v) is 11.6. The molecular formula is C24H33N5O2. The molecule has 166 valence electrons. The van der Waals surface area contributed by atoms with Crippen LogP contribution >= 0.6 is 0 Å². The van der Waals surface area contributed by atoms with E-state index in [0.717, 1.165) is 37.4 Å². The van der Waals surface area contributed by atoms with Crippen LogP contribution in [0.2, 0.25) is 0 Å². The van der Waals surface area contributed by atoms with Gasteiger partial charge in [-0.1, -0.05) is 63.1 Å². The molecule has 0 radical (unpaired) electrons. The van der Waals surface area contributed by atoms with Crippen LogP contribution < -0.4 is 16.1 Å². The van der Waals surface area contributed by atoms with E-state index in [1.807, 2.05) is 4.57 Å². The van der Waals surface area contributed by atoms with Gasteiger partial charge in [0.1, 0.15) is 0 Å². The van der Waals surface area contributed by atoms with E-state index in [2.05, 4.69) is 43.0 Å². The standard InChI is InChI=1S/C24H33N5O2/c1-4-5-6-7-8-9-10-15-29-22(30)20-21(26(3)24(29)31)25-23-27(16-17-28(20)23)19-13-11-18(2)12-14-19/h11-14H,4-10,15-17H2,1-3H3. The molecule has 0 atom stereocenters. The van der Waals surface area contributed by atoms with Crippen LogP contribution in [0.1, 0.15) is 57.4 Å². The number of imidazole rings is 1. The maximum Gasteiger partial charge on any atom is 0.332 e. The maximum absolute atomic E-state index is 13.3. The van der Waals surface area contributed by atoms with E-state index < -0.39 is 0 Å². The normalized spacial score (nSPS) is 13.3. The molecule has 1 aromatic carbocycles. The summed E-state index contributed by atoms with van der Waals surface area (Å²) >= 11 is 0. The van der Waals surface area contributed by atoms with E-state index in [1.165, 1.54) is 40.4 Å². The van der Waals surface area contributed by atoms with Gasteiger partial charge in [0, 0.05) is 32.4 Å². The lowest BCUT2D eigenvalue weighted by Crippen LogP contribution is -2.39. The molecule has 3 aromatic rings. The molecule has 0 spiro atoms. The minimum Gasteiger partial charge on any atom is -0.310 e. The number of benzene rings is 1. The van der Waals surface area contributed by atoms with Crippen LogP contribution in [0.15, 0.2) is 33.9 Å². The van der Waals surface area contributed by atoms with Crippen LogP contribution in [0.5, 0.6) is 0 Å². The smallest absolute Gasteiger partial charge is 0.310 e. The molecule has 0 N–H and O–H groups in total. The number of rotatable bonds is 9. The van der Waals surface area contributed by atoms with Crippen molar-refractivity contribution in [2.45, 2.75) is 71.9 Å². The molecule has 0 amide bonds. The monoisotopic (exact) mass is 423 g/mol. The third kappa shape index (κ3) is 4.05. The topological polar surface area (TPSA) is 65.1 Å². The van der Waals surface area contributed by atoms with Crippen LogP contribution in [-0.2, 0) is 20.1 Å². The van der Waals surface area contributed by atoms with Gasteiger partial charge in [-0.15, -0.1) is 0 Å². The predicted octanol–water partition coefficient (Wildman–Crippen LogP) is 4.11. The van der Waals surface area contributed by atoms with Crippen molar-refractivity contribution in [3.8, 4) is 0 Å². The van der Waals surface area contributed by atoms with Crippen LogP contribution in [0.3, 0.4) is 0 Å². The third-order valence-electron chi connectivity index (χ3n) is 6.33. The van der Waals surface area contributed by atoms with Gasteiger partial charge in [-0.05, 0) is 25.5 Å². The Morgan fingerprint density at radius 2 is 1.61 bits per heavy atom. The van der Waals surface area contributed by atoms with Crippen molar-refractivity contribution in [3.05, 3.63) is 50.7 Å². The summed E-state index contributed by atoms with van der Waals surface area (Å²) in [5.74, 6) is 0.736. The highest BCUT2D eigenvalue weighted by Crippen LogP contribution is 2.31. The number of aromatic nitrogens is 4. The molecule has 0 bridgehead atoms. The second-order valence-electron chi connectivity index (χ2n) is 8.64. The molecule has 1 aliphatic heterocycles. The van der Waals surface area contributed by atoms with Gasteiger partial charge in [0.25, 0.3) is 5.56 Å². The lowest BCUT2D eigenvalue weighted by Gasteiger charge is -2.16. The molecule has 0 aliphatic carbocycles. The first-order chi connectivity index (χ1) is 15.0. The fourth-order valence-corrected chi connectivity index (χ4v) is 4.47. The van der Waals surface area contributed by atoms with Crippen LogP contribution in [-0.4, -0.2) is 25.2 Å². The molecule has 0 unspecified atom stereocenters. The maximum atomic E-state index is 13.3. The Hall–Kier alpha value is -2.83. The van der Waals surface area contributed by atoms with Crippen molar-refractivity contribution in [2.75, 3.05) is 11.4 Å². The summed E-state index contributed by atoms with van der Waals surface area (Å²) in [7, 11) is 1.71. The highest BCUT2D eigenvalue weighted by Gasteiger charge is 2.28. The molecule has 3 heterocycles. The average molecular weight is 424 g/mol. The zero-order valence-electron chi connectivity index (χ0n) is 18.9. The molecule has 0 saturated carbocycles. The Morgan fingerprint density at radius 1 is 0.935 bits per heavy atom. The van der Waals surface area contributed by atoms with E-state index in [4.69, 9.17) is 4.98 Å². The van der Waals surface area contributed by atoms with Crippen molar-refractivity contribution >= 4 is 22.8 Å². The first kappa shape index (κ1) is 21.4. The Balaban J connectivity index is 1.61. The highest BCUT2D eigenvalue weighted by atomic mass is 16.2. The second kappa shape index (κ2) is 9.12. The fraction of sp³-hybridized carbons (Fsp3) is 0.542. The van der Waals surface area contributed by atoms with Crippen LogP contribution in [0.25, 0.3) is 11.2 Å². The first-order valence-electron chi connectivity index (χ1n) is 11.6. The number of unbranched alkanes of at least 4 members (excludes halogenated alkanes) is 6. The summed E-state index contributed by atoms with van der Waals surface area (Å²) in [4.78, 5) is 33.0. The highest BCUT2D eigenvalue weighted by molar-refractivity contribution is 5.77. The third-order valence-corrected chi connectivity index (χ3v) is 6.33. The van der Waals surface area contributed by atoms with Crippen molar-refractivity contribution in [1.82, 2.24) is 18.7 Å². The van der Waals surface area contributed by atoms with E-state index in [0.29, 0.717) is 24.3 Å². The number of aryl methyl sites for hydroxylation is 2. The zero-order chi connectivity index (χ0) is 22.0. The zero-order valence-corrected chi connectivity index (χ0v) is 18.9. The summed E-state index contributed by atoms with van der Waals surface area (Å²) in [5.41, 5.74) is 2.77. The molecule has 4 rings (SSSR count). The van der Waals surface area contributed by atoms with Crippen LogP contribution in [0.4, 0.5) is 11.6 Å². The predicted molar refractivity (Wildman–Crippen MR) is 125 cm³/mol. The van der Waals surface area contributed by atoms with Gasteiger partial charge in [-0.25, -0.2) is 4.79 Å². The number of hydrogen-bond acceptors (Lipinski definition) is 4. The van der Waals surface area contributed by atoms with Crippen molar-refractivity contribution in [1.29, 1.82) is 0 Å². The summed E-state index contributed by atoms with van der Waals surface area (Å²) in [6, 6.07) is 8.29. The van der Waals surface area contributed by atoms with Crippen molar-refractivity contribution in [3.63, 3.8) is 0 Å². The van der Waals surface area contributed by atoms with Gasteiger partial charge in [-0.2, -0.15) is 4.98 Å². The van der Waals surface area contributed by atoms with Crippen molar-refractivity contribution in [2.24, 2.45) is 7.05 Å². The Labute approximate surface area is 182 Å². The average Bonchev–Trinajstić information content (AvgIpc) is 3.34. The van der Waals surface area contributed by atoms with E-state index >= 15 is 0 Å². The molecule has 31 heavy (non-hydrogen) atoms. The van der Waals surface area contributed by atoms with E-state index in [1.54, 1.807) is 7.05 Å². The Kier molecular flexibility index (Phi) is 6.30. The van der Waals surface area contributed by atoms with Crippen LogP contribution in [0, 0.1) is 6.92 Å². The minimum atomic E-state index is -0.276. The summed E-state index contributed by atoms with van der Waals surface area (Å²) in [5, 5.41) is 0. The van der Waals surface area contributed by atoms with E-state index in [9.17, 15) is 9.59 Å². The summed E-state index contributed by atoms with van der Waals surface area (Å²) in [6.45, 7) is 6.20. The molecular weight excluding hydrogens is 390 g/mol. The molecule has 0 saturated heterocycles. The van der Waals surface area contributed by atoms with Crippen molar-refractivity contribution < 1.29 is 0 Å². The molecule has 0 fully saturated rings. The Morgan fingerprint density at radius 3 is 2.32 bits per heavy atom. The second-order valence-corrected chi connectivity index (χ2v) is 8.64. The lowest BCUT2D eigenvalue weighted by molar-refractivity contribution is 0.522. The molecule has 2 aromatic heterocycles. The Bertz CT molecular complexity index is 1170. The SMILES string of the molecule is CCCCCCCCCn1c(=O)c2c(nc3n2CCN3c2ccc(C)cc2)n(C)c1=O. The molecule has 7 nitrogen and oxygen atoms in total. The van der Waals surface area contributed by atoms with Gasteiger partial charge in [0.15, 0.2) is 11.2 Å². The lowest BCUT2D eigenvalue weighted by atomic mass is 10.1. The number of anilines is 2. The van der Waals surface area contributed by atoms with Gasteiger partial charge in [0.2, 0.25) is 5.95 Å². The van der Waals surface area contributed by atoms with E-state index in [-0.39, 0.29) is 11.2 Å². The molecule has 1 aliphatic rings. The fourth-order valence-electron chi connectivity index (χ4n) is 4.47. The number of hydrogen-bond donors (Lipinski definition) is 0. The number of nitrogens with zero attached hydrogens (tertiary/aromatic N) is 5. The quantitative estimate of drug-likeness (QED) is 0.486. The van der Waals surface area contributed by atoms with Gasteiger partial charge in [-0.3, -0.25) is 13.9 Å². The number of fused-ring (bicyclic) bond motifs is 3. The largest absolute Gasteiger partial charge is 0.332 e. The minimum absolute atomic E-state index is 0.214.